The number of aliphatic carboxylic acids is 1. The smallest absolute Gasteiger partial charge is 0.303 e. The van der Waals surface area contributed by atoms with Crippen LogP contribution >= 0.6 is 24.0 Å². The molecule has 1 aromatic rings. The van der Waals surface area contributed by atoms with Gasteiger partial charge in [0.05, 0.1) is 6.54 Å². The highest BCUT2D eigenvalue weighted by atomic mass is 35.5. The van der Waals surface area contributed by atoms with Crippen molar-refractivity contribution in [1.29, 1.82) is 0 Å². The average molecular weight is 335 g/mol. The van der Waals surface area contributed by atoms with Crippen LogP contribution in [0.2, 0.25) is 5.02 Å². The van der Waals surface area contributed by atoms with Crippen LogP contribution in [0.4, 0.5) is 5.69 Å². The summed E-state index contributed by atoms with van der Waals surface area (Å²) in [7, 11) is 1.83. The zero-order valence-electron chi connectivity index (χ0n) is 11.8. The van der Waals surface area contributed by atoms with E-state index in [0.717, 1.165) is 6.42 Å². The first kappa shape index (κ1) is 19.7. The molecule has 7 heteroatoms. The number of unbranched alkanes of at least 4 members (excludes halogenated alkanes) is 1. The Morgan fingerprint density at radius 3 is 2.67 bits per heavy atom. The number of hydrogen-bond acceptors (Lipinski definition) is 3. The van der Waals surface area contributed by atoms with E-state index in [0.29, 0.717) is 23.7 Å². The highest BCUT2D eigenvalue weighted by Gasteiger charge is 2.07. The Morgan fingerprint density at radius 2 is 2.05 bits per heavy atom. The monoisotopic (exact) mass is 334 g/mol. The number of likely N-dealkylation sites (N-methyl/N-ethyl adjacent to an activating group) is 1. The summed E-state index contributed by atoms with van der Waals surface area (Å²) in [6.45, 7) is 0.954. The molecule has 0 saturated heterocycles. The van der Waals surface area contributed by atoms with E-state index in [4.69, 9.17) is 16.7 Å². The molecule has 1 aromatic carbocycles. The molecule has 118 valence electrons. The minimum atomic E-state index is -0.786. The maximum Gasteiger partial charge on any atom is 0.303 e. The van der Waals surface area contributed by atoms with E-state index in [1.165, 1.54) is 0 Å². The standard InChI is InChI=1S/C14H19ClN2O3.ClH/c1-17(8-3-2-7-14(19)20)10-13(18)16-12-6-4-5-11(15)9-12;/h4-6,9H,2-3,7-8,10H2,1H3,(H,16,18)(H,19,20);1H. The quantitative estimate of drug-likeness (QED) is 0.717. The van der Waals surface area contributed by atoms with Crippen LogP contribution in [-0.2, 0) is 9.59 Å². The number of carboxylic acids is 1. The minimum absolute atomic E-state index is 0. The van der Waals surface area contributed by atoms with Crippen molar-refractivity contribution in [2.75, 3.05) is 25.5 Å². The van der Waals surface area contributed by atoms with Gasteiger partial charge < -0.3 is 10.4 Å². The molecule has 0 spiro atoms. The van der Waals surface area contributed by atoms with Gasteiger partial charge >= 0.3 is 5.97 Å². The fourth-order valence-electron chi connectivity index (χ4n) is 1.75. The van der Waals surface area contributed by atoms with Crippen molar-refractivity contribution in [1.82, 2.24) is 4.90 Å². The molecule has 2 N–H and O–H groups in total. The van der Waals surface area contributed by atoms with Gasteiger partial charge in [-0.15, -0.1) is 12.4 Å². The molecule has 0 aliphatic carbocycles. The van der Waals surface area contributed by atoms with Crippen molar-refractivity contribution in [3.63, 3.8) is 0 Å². The zero-order chi connectivity index (χ0) is 15.0. The number of carbonyl (C=O) groups excluding carboxylic acids is 1. The van der Waals surface area contributed by atoms with Crippen molar-refractivity contribution in [3.05, 3.63) is 29.3 Å². The molecule has 0 atom stereocenters. The van der Waals surface area contributed by atoms with Crippen molar-refractivity contribution in [3.8, 4) is 0 Å². The highest BCUT2D eigenvalue weighted by molar-refractivity contribution is 6.30. The van der Waals surface area contributed by atoms with Crippen LogP contribution in [-0.4, -0.2) is 42.0 Å². The second kappa shape index (κ2) is 10.4. The molecule has 0 aliphatic heterocycles. The molecule has 1 rings (SSSR count). The molecule has 1 amide bonds. The lowest BCUT2D eigenvalue weighted by Crippen LogP contribution is -2.30. The van der Waals surface area contributed by atoms with Crippen molar-refractivity contribution in [2.24, 2.45) is 0 Å². The van der Waals surface area contributed by atoms with Gasteiger partial charge in [0.15, 0.2) is 0 Å². The molecule has 5 nitrogen and oxygen atoms in total. The number of carbonyl (C=O) groups is 2. The Kier molecular flexibility index (Phi) is 9.78. The van der Waals surface area contributed by atoms with Crippen molar-refractivity contribution in [2.45, 2.75) is 19.3 Å². The Hall–Kier alpha value is -1.30. The van der Waals surface area contributed by atoms with Crippen molar-refractivity contribution >= 4 is 41.6 Å². The van der Waals surface area contributed by atoms with Crippen molar-refractivity contribution < 1.29 is 14.7 Å². The Bertz CT molecular complexity index is 469. The molecule has 0 aliphatic rings. The molecule has 0 fully saturated rings. The summed E-state index contributed by atoms with van der Waals surface area (Å²) >= 11 is 5.83. The van der Waals surface area contributed by atoms with Gasteiger partial charge in [-0.1, -0.05) is 17.7 Å². The molecule has 0 bridgehead atoms. The molecule has 0 radical (unpaired) electrons. The number of rotatable bonds is 8. The number of benzene rings is 1. The summed E-state index contributed by atoms with van der Waals surface area (Å²) in [4.78, 5) is 24.0. The Morgan fingerprint density at radius 1 is 1.33 bits per heavy atom. The van der Waals surface area contributed by atoms with Gasteiger partial charge in [0.25, 0.3) is 0 Å². The topological polar surface area (TPSA) is 69.6 Å². The van der Waals surface area contributed by atoms with E-state index in [2.05, 4.69) is 5.32 Å². The number of nitrogens with zero attached hydrogens (tertiary/aromatic N) is 1. The lowest BCUT2D eigenvalue weighted by atomic mass is 10.2. The van der Waals surface area contributed by atoms with E-state index in [1.807, 2.05) is 11.9 Å². The second-order valence-electron chi connectivity index (χ2n) is 4.65. The van der Waals surface area contributed by atoms with Gasteiger partial charge in [-0.05, 0) is 44.6 Å². The first-order valence-electron chi connectivity index (χ1n) is 6.43. The maximum atomic E-state index is 11.8. The predicted molar refractivity (Wildman–Crippen MR) is 86.3 cm³/mol. The van der Waals surface area contributed by atoms with Crippen LogP contribution in [0.5, 0.6) is 0 Å². The van der Waals surface area contributed by atoms with Gasteiger partial charge in [-0.3, -0.25) is 14.5 Å². The highest BCUT2D eigenvalue weighted by Crippen LogP contribution is 2.14. The number of anilines is 1. The van der Waals surface area contributed by atoms with Gasteiger partial charge in [0.2, 0.25) is 5.91 Å². The summed E-state index contributed by atoms with van der Waals surface area (Å²) in [5.41, 5.74) is 0.668. The second-order valence-corrected chi connectivity index (χ2v) is 5.08. The number of amides is 1. The lowest BCUT2D eigenvalue weighted by Gasteiger charge is -2.16. The number of nitrogens with one attached hydrogen (secondary N) is 1. The van der Waals surface area contributed by atoms with Crippen LogP contribution in [0, 0.1) is 0 Å². The van der Waals surface area contributed by atoms with Gasteiger partial charge in [0.1, 0.15) is 0 Å². The third-order valence-electron chi connectivity index (χ3n) is 2.70. The first-order chi connectivity index (χ1) is 9.47. The SMILES string of the molecule is CN(CCCCC(=O)O)CC(=O)Nc1cccc(Cl)c1.Cl. The van der Waals surface area contributed by atoms with Crippen LogP contribution in [0.3, 0.4) is 0 Å². The fourth-order valence-corrected chi connectivity index (χ4v) is 1.94. The molecule has 0 aromatic heterocycles. The summed E-state index contributed by atoms with van der Waals surface area (Å²) in [6.07, 6.45) is 1.55. The number of hydrogen-bond donors (Lipinski definition) is 2. The third kappa shape index (κ3) is 9.28. The lowest BCUT2D eigenvalue weighted by molar-refractivity contribution is -0.137. The fraction of sp³-hybridized carbons (Fsp3) is 0.429. The van der Waals surface area contributed by atoms with Crippen LogP contribution in [0.25, 0.3) is 0 Å². The zero-order valence-corrected chi connectivity index (χ0v) is 13.4. The molecular weight excluding hydrogens is 315 g/mol. The molecular formula is C14H20Cl2N2O3. The summed E-state index contributed by atoms with van der Waals surface area (Å²) < 4.78 is 0. The minimum Gasteiger partial charge on any atom is -0.481 e. The third-order valence-corrected chi connectivity index (χ3v) is 2.94. The van der Waals surface area contributed by atoms with Gasteiger partial charge in [-0.25, -0.2) is 0 Å². The molecule has 21 heavy (non-hydrogen) atoms. The van der Waals surface area contributed by atoms with E-state index in [-0.39, 0.29) is 31.3 Å². The Labute approximate surface area is 135 Å². The molecule has 0 saturated carbocycles. The van der Waals surface area contributed by atoms with E-state index >= 15 is 0 Å². The molecule has 0 unspecified atom stereocenters. The molecule has 0 heterocycles. The average Bonchev–Trinajstić information content (AvgIpc) is 2.34. The normalized spacial score (nSPS) is 10.0. The summed E-state index contributed by atoms with van der Waals surface area (Å²) in [5.74, 6) is -0.903. The van der Waals surface area contributed by atoms with Crippen LogP contribution < -0.4 is 5.32 Å². The van der Waals surface area contributed by atoms with Crippen LogP contribution in [0.15, 0.2) is 24.3 Å². The van der Waals surface area contributed by atoms with E-state index < -0.39 is 5.97 Å². The summed E-state index contributed by atoms with van der Waals surface area (Å²) in [6, 6.07) is 6.97. The van der Waals surface area contributed by atoms with E-state index in [9.17, 15) is 9.59 Å². The predicted octanol–water partition coefficient (Wildman–Crippen LogP) is 2.89. The number of carboxylic acid groups (broad SMARTS) is 1. The Balaban J connectivity index is 0.00000400. The first-order valence-corrected chi connectivity index (χ1v) is 6.81. The number of halogens is 2. The van der Waals surface area contributed by atoms with Gasteiger partial charge in [-0.2, -0.15) is 0 Å². The summed E-state index contributed by atoms with van der Waals surface area (Å²) in [5, 5.41) is 11.9. The van der Waals surface area contributed by atoms with E-state index in [1.54, 1.807) is 24.3 Å². The largest absolute Gasteiger partial charge is 0.481 e. The van der Waals surface area contributed by atoms with Crippen LogP contribution in [0.1, 0.15) is 19.3 Å². The van der Waals surface area contributed by atoms with Gasteiger partial charge in [0, 0.05) is 17.1 Å². The maximum absolute atomic E-state index is 11.8.